The summed E-state index contributed by atoms with van der Waals surface area (Å²) in [6.07, 6.45) is 3.28. The minimum atomic E-state index is 0.339. The molecule has 0 atom stereocenters. The molecule has 2 nitrogen and oxygen atoms in total. The molecule has 52 valence electrons. The highest BCUT2D eigenvalue weighted by Crippen LogP contribution is 2.16. The van der Waals surface area contributed by atoms with Crippen LogP contribution in [0.2, 0.25) is 5.15 Å². The molecule has 0 bridgehead atoms. The van der Waals surface area contributed by atoms with Crippen molar-refractivity contribution in [2.75, 3.05) is 5.73 Å². The lowest BCUT2D eigenvalue weighted by Gasteiger charge is -1.96. The van der Waals surface area contributed by atoms with Gasteiger partial charge in [0.2, 0.25) is 0 Å². The monoisotopic (exact) mass is 154 g/mol. The van der Waals surface area contributed by atoms with E-state index in [2.05, 4.69) is 11.6 Å². The molecule has 0 aliphatic carbocycles. The number of rotatable bonds is 1. The Morgan fingerprint density at radius 3 is 2.90 bits per heavy atom. The van der Waals surface area contributed by atoms with Crippen molar-refractivity contribution in [1.29, 1.82) is 0 Å². The first kappa shape index (κ1) is 7.09. The second-order valence-corrected chi connectivity index (χ2v) is 2.21. The molecule has 1 heterocycles. The standard InChI is InChI=1S/C7H7ClN2/c1-2-5-3-6(9)7(8)10-4-5/h2-4H,1,9H2. The van der Waals surface area contributed by atoms with Gasteiger partial charge in [0.25, 0.3) is 0 Å². The van der Waals surface area contributed by atoms with Gasteiger partial charge in [0, 0.05) is 6.20 Å². The van der Waals surface area contributed by atoms with Gasteiger partial charge < -0.3 is 5.73 Å². The summed E-state index contributed by atoms with van der Waals surface area (Å²) >= 11 is 5.57. The van der Waals surface area contributed by atoms with Gasteiger partial charge in [-0.3, -0.25) is 0 Å². The lowest BCUT2D eigenvalue weighted by atomic mass is 10.3. The molecule has 0 aliphatic rings. The Kier molecular flexibility index (Phi) is 1.92. The van der Waals surface area contributed by atoms with Crippen LogP contribution in [0, 0.1) is 0 Å². The van der Waals surface area contributed by atoms with Gasteiger partial charge in [-0.1, -0.05) is 24.3 Å². The molecular formula is C7H7ClN2. The number of aromatic nitrogens is 1. The second-order valence-electron chi connectivity index (χ2n) is 1.85. The normalized spacial score (nSPS) is 9.30. The van der Waals surface area contributed by atoms with Gasteiger partial charge in [-0.2, -0.15) is 0 Å². The minimum Gasteiger partial charge on any atom is -0.396 e. The van der Waals surface area contributed by atoms with Gasteiger partial charge in [-0.15, -0.1) is 0 Å². The van der Waals surface area contributed by atoms with Gasteiger partial charge in [-0.25, -0.2) is 4.98 Å². The number of nitrogen functional groups attached to an aromatic ring is 1. The molecule has 0 radical (unpaired) electrons. The number of anilines is 1. The van der Waals surface area contributed by atoms with Crippen LogP contribution >= 0.6 is 11.6 Å². The molecule has 1 rings (SSSR count). The fraction of sp³-hybridized carbons (Fsp3) is 0. The Hall–Kier alpha value is -1.02. The van der Waals surface area contributed by atoms with Crippen LogP contribution in [0.15, 0.2) is 18.8 Å². The predicted octanol–water partition coefficient (Wildman–Crippen LogP) is 1.96. The SMILES string of the molecule is C=Cc1cnc(Cl)c(N)c1. The Morgan fingerprint density at radius 2 is 2.40 bits per heavy atom. The van der Waals surface area contributed by atoms with Crippen molar-refractivity contribution in [3.05, 3.63) is 29.6 Å². The van der Waals surface area contributed by atoms with E-state index in [9.17, 15) is 0 Å². The maximum atomic E-state index is 5.57. The average molecular weight is 155 g/mol. The third kappa shape index (κ3) is 1.28. The van der Waals surface area contributed by atoms with E-state index in [1.54, 1.807) is 18.3 Å². The van der Waals surface area contributed by atoms with Crippen LogP contribution in [0.5, 0.6) is 0 Å². The molecule has 2 N–H and O–H groups in total. The van der Waals surface area contributed by atoms with E-state index in [4.69, 9.17) is 17.3 Å². The number of hydrogen-bond acceptors (Lipinski definition) is 2. The summed E-state index contributed by atoms with van der Waals surface area (Å²) in [7, 11) is 0. The zero-order valence-corrected chi connectivity index (χ0v) is 6.10. The average Bonchev–Trinajstić information content (AvgIpc) is 1.95. The number of nitrogens with zero attached hydrogens (tertiary/aromatic N) is 1. The Morgan fingerprint density at radius 1 is 1.70 bits per heavy atom. The van der Waals surface area contributed by atoms with Crippen LogP contribution in [-0.2, 0) is 0 Å². The van der Waals surface area contributed by atoms with E-state index >= 15 is 0 Å². The van der Waals surface area contributed by atoms with E-state index in [1.165, 1.54) is 0 Å². The van der Waals surface area contributed by atoms with Crippen molar-refractivity contribution in [1.82, 2.24) is 4.98 Å². The van der Waals surface area contributed by atoms with E-state index in [0.29, 0.717) is 10.8 Å². The molecule has 10 heavy (non-hydrogen) atoms. The molecule has 0 aromatic carbocycles. The second kappa shape index (κ2) is 2.71. The van der Waals surface area contributed by atoms with Crippen molar-refractivity contribution >= 4 is 23.4 Å². The fourth-order valence-corrected chi connectivity index (χ4v) is 0.697. The summed E-state index contributed by atoms with van der Waals surface area (Å²) in [5, 5.41) is 0.339. The number of halogens is 1. The van der Waals surface area contributed by atoms with Crippen molar-refractivity contribution in [2.45, 2.75) is 0 Å². The van der Waals surface area contributed by atoms with Crippen molar-refractivity contribution in [3.8, 4) is 0 Å². The van der Waals surface area contributed by atoms with Crippen molar-refractivity contribution in [2.24, 2.45) is 0 Å². The van der Waals surface area contributed by atoms with Gasteiger partial charge in [0.1, 0.15) is 0 Å². The van der Waals surface area contributed by atoms with Crippen LogP contribution in [-0.4, -0.2) is 4.98 Å². The molecule has 0 saturated heterocycles. The van der Waals surface area contributed by atoms with E-state index in [0.717, 1.165) is 5.56 Å². The lowest BCUT2D eigenvalue weighted by molar-refractivity contribution is 1.32. The van der Waals surface area contributed by atoms with Crippen LogP contribution < -0.4 is 5.73 Å². The first-order chi connectivity index (χ1) is 4.74. The van der Waals surface area contributed by atoms with Gasteiger partial charge >= 0.3 is 0 Å². The summed E-state index contributed by atoms with van der Waals surface area (Å²) < 4.78 is 0. The molecule has 1 aromatic heterocycles. The van der Waals surface area contributed by atoms with E-state index < -0.39 is 0 Å². The smallest absolute Gasteiger partial charge is 0.151 e. The summed E-state index contributed by atoms with van der Waals surface area (Å²) in [6, 6.07) is 1.72. The quantitative estimate of drug-likeness (QED) is 0.628. The highest BCUT2D eigenvalue weighted by Gasteiger charge is 1.95. The number of hydrogen-bond donors (Lipinski definition) is 1. The summed E-state index contributed by atoms with van der Waals surface area (Å²) in [5.41, 5.74) is 6.82. The van der Waals surface area contributed by atoms with E-state index in [-0.39, 0.29) is 0 Å². The van der Waals surface area contributed by atoms with Gasteiger partial charge in [0.05, 0.1) is 5.69 Å². The third-order valence-electron chi connectivity index (χ3n) is 1.12. The van der Waals surface area contributed by atoms with Gasteiger partial charge in [-0.05, 0) is 11.6 Å². The Balaban J connectivity index is 3.16. The Bertz CT molecular complexity index is 258. The summed E-state index contributed by atoms with van der Waals surface area (Å²) in [6.45, 7) is 3.56. The van der Waals surface area contributed by atoms with Crippen LogP contribution in [0.25, 0.3) is 6.08 Å². The molecule has 0 aliphatic heterocycles. The van der Waals surface area contributed by atoms with Crippen molar-refractivity contribution in [3.63, 3.8) is 0 Å². The van der Waals surface area contributed by atoms with Crippen molar-refractivity contribution < 1.29 is 0 Å². The fourth-order valence-electron chi connectivity index (χ4n) is 0.594. The van der Waals surface area contributed by atoms with E-state index in [1.807, 2.05) is 0 Å². The third-order valence-corrected chi connectivity index (χ3v) is 1.44. The largest absolute Gasteiger partial charge is 0.396 e. The lowest BCUT2D eigenvalue weighted by Crippen LogP contribution is -1.89. The predicted molar refractivity (Wildman–Crippen MR) is 43.8 cm³/mol. The summed E-state index contributed by atoms with van der Waals surface area (Å²) in [5.74, 6) is 0. The molecule has 0 unspecified atom stereocenters. The van der Waals surface area contributed by atoms with Crippen LogP contribution in [0.1, 0.15) is 5.56 Å². The molecular weight excluding hydrogens is 148 g/mol. The summed E-state index contributed by atoms with van der Waals surface area (Å²) in [4.78, 5) is 3.82. The number of pyridine rings is 1. The topological polar surface area (TPSA) is 38.9 Å². The highest BCUT2D eigenvalue weighted by molar-refractivity contribution is 6.31. The molecule has 0 amide bonds. The zero-order chi connectivity index (χ0) is 7.56. The Labute approximate surface area is 64.3 Å². The molecule has 3 heteroatoms. The maximum absolute atomic E-state index is 5.57. The first-order valence-electron chi connectivity index (χ1n) is 2.77. The molecule has 0 fully saturated rings. The highest BCUT2D eigenvalue weighted by atomic mass is 35.5. The molecule has 1 aromatic rings. The molecule has 0 spiro atoms. The van der Waals surface area contributed by atoms with Crippen LogP contribution in [0.4, 0.5) is 5.69 Å². The van der Waals surface area contributed by atoms with Gasteiger partial charge in [0.15, 0.2) is 5.15 Å². The van der Waals surface area contributed by atoms with Crippen LogP contribution in [0.3, 0.4) is 0 Å². The molecule has 0 saturated carbocycles. The zero-order valence-electron chi connectivity index (χ0n) is 5.34. The minimum absolute atomic E-state index is 0.339. The maximum Gasteiger partial charge on any atom is 0.151 e. The number of nitrogens with two attached hydrogens (primary N) is 1. The first-order valence-corrected chi connectivity index (χ1v) is 3.15.